The smallest absolute Gasteiger partial charge is 0.0883 e. The van der Waals surface area contributed by atoms with Crippen molar-refractivity contribution in [2.24, 2.45) is 5.18 Å². The van der Waals surface area contributed by atoms with Crippen molar-refractivity contribution in [1.29, 1.82) is 0 Å². The van der Waals surface area contributed by atoms with Gasteiger partial charge in [-0.2, -0.15) is 0 Å². The Hall–Kier alpha value is -0.920. The van der Waals surface area contributed by atoms with Crippen LogP contribution in [-0.4, -0.2) is 0 Å². The second-order valence-corrected chi connectivity index (χ2v) is 4.20. The molecule has 0 amide bonds. The Balaban J connectivity index is 2.24. The SMILES string of the molecule is O=NC1=C(C2=CCCCC2)CCCC1. The minimum atomic E-state index is 0.837. The van der Waals surface area contributed by atoms with Crippen LogP contribution in [0.1, 0.15) is 51.4 Å². The molecule has 0 aromatic carbocycles. The lowest BCUT2D eigenvalue weighted by Crippen LogP contribution is -2.03. The fourth-order valence-corrected chi connectivity index (χ4v) is 2.45. The summed E-state index contributed by atoms with van der Waals surface area (Å²) in [6.45, 7) is 0. The molecular formula is C12H17NO. The molecule has 0 aliphatic heterocycles. The fourth-order valence-electron chi connectivity index (χ4n) is 2.45. The van der Waals surface area contributed by atoms with Crippen molar-refractivity contribution in [3.05, 3.63) is 27.8 Å². The van der Waals surface area contributed by atoms with Crippen molar-refractivity contribution in [2.45, 2.75) is 51.4 Å². The Labute approximate surface area is 85.1 Å². The fraction of sp³-hybridized carbons (Fsp3) is 0.667. The molecule has 0 atom stereocenters. The summed E-state index contributed by atoms with van der Waals surface area (Å²) in [4.78, 5) is 10.7. The third-order valence-corrected chi connectivity index (χ3v) is 3.23. The van der Waals surface area contributed by atoms with Crippen LogP contribution in [0.15, 0.2) is 28.1 Å². The molecule has 0 heterocycles. The molecule has 2 aliphatic carbocycles. The predicted molar refractivity (Wildman–Crippen MR) is 57.8 cm³/mol. The van der Waals surface area contributed by atoms with Crippen LogP contribution in [-0.2, 0) is 0 Å². The van der Waals surface area contributed by atoms with E-state index in [0.29, 0.717) is 0 Å². The van der Waals surface area contributed by atoms with Gasteiger partial charge in [-0.25, -0.2) is 0 Å². The van der Waals surface area contributed by atoms with Crippen molar-refractivity contribution in [2.75, 3.05) is 0 Å². The van der Waals surface area contributed by atoms with Gasteiger partial charge in [0.2, 0.25) is 0 Å². The summed E-state index contributed by atoms with van der Waals surface area (Å²) in [5.74, 6) is 0. The van der Waals surface area contributed by atoms with Crippen LogP contribution >= 0.6 is 0 Å². The first-order chi connectivity index (χ1) is 6.92. The van der Waals surface area contributed by atoms with E-state index >= 15 is 0 Å². The van der Waals surface area contributed by atoms with Gasteiger partial charge in [0.15, 0.2) is 0 Å². The first-order valence-corrected chi connectivity index (χ1v) is 5.66. The highest BCUT2D eigenvalue weighted by Gasteiger charge is 2.17. The van der Waals surface area contributed by atoms with Gasteiger partial charge in [0, 0.05) is 0 Å². The van der Waals surface area contributed by atoms with Crippen molar-refractivity contribution in [1.82, 2.24) is 0 Å². The van der Waals surface area contributed by atoms with E-state index < -0.39 is 0 Å². The van der Waals surface area contributed by atoms with Gasteiger partial charge < -0.3 is 0 Å². The first kappa shape index (κ1) is 9.63. The number of nitroso groups, excluding NO2 is 1. The Morgan fingerprint density at radius 2 is 1.79 bits per heavy atom. The van der Waals surface area contributed by atoms with Crippen LogP contribution in [0.25, 0.3) is 0 Å². The van der Waals surface area contributed by atoms with Crippen molar-refractivity contribution < 1.29 is 0 Å². The molecule has 14 heavy (non-hydrogen) atoms. The molecule has 0 aromatic rings. The van der Waals surface area contributed by atoms with Crippen LogP contribution in [0.2, 0.25) is 0 Å². The first-order valence-electron chi connectivity index (χ1n) is 5.66. The average Bonchev–Trinajstić information content (AvgIpc) is 2.30. The molecular weight excluding hydrogens is 174 g/mol. The van der Waals surface area contributed by atoms with E-state index in [-0.39, 0.29) is 0 Å². The van der Waals surface area contributed by atoms with Gasteiger partial charge in [0.1, 0.15) is 0 Å². The standard InChI is InChI=1S/C12H17NO/c14-13-12-9-5-4-8-11(12)10-6-2-1-3-7-10/h6H,1-5,7-9H2. The number of hydrogen-bond donors (Lipinski definition) is 0. The third-order valence-electron chi connectivity index (χ3n) is 3.23. The third kappa shape index (κ3) is 1.94. The van der Waals surface area contributed by atoms with E-state index in [9.17, 15) is 4.91 Å². The van der Waals surface area contributed by atoms with Crippen molar-refractivity contribution >= 4 is 0 Å². The molecule has 0 bridgehead atoms. The maximum absolute atomic E-state index is 10.7. The molecule has 2 heteroatoms. The van der Waals surface area contributed by atoms with Crippen LogP contribution in [0.3, 0.4) is 0 Å². The van der Waals surface area contributed by atoms with Crippen molar-refractivity contribution in [3.63, 3.8) is 0 Å². The molecule has 0 fully saturated rings. The molecule has 0 saturated heterocycles. The van der Waals surface area contributed by atoms with Crippen LogP contribution < -0.4 is 0 Å². The molecule has 0 N–H and O–H groups in total. The monoisotopic (exact) mass is 191 g/mol. The Morgan fingerprint density at radius 1 is 1.00 bits per heavy atom. The number of allylic oxidation sites excluding steroid dienone is 4. The van der Waals surface area contributed by atoms with Gasteiger partial charge in [-0.15, -0.1) is 4.91 Å². The summed E-state index contributed by atoms with van der Waals surface area (Å²) in [5, 5.41) is 3.19. The van der Waals surface area contributed by atoms with Gasteiger partial charge in [0.05, 0.1) is 5.70 Å². The summed E-state index contributed by atoms with van der Waals surface area (Å²) < 4.78 is 0. The largest absolute Gasteiger partial charge is 0.145 e. The molecule has 0 radical (unpaired) electrons. The van der Waals surface area contributed by atoms with Gasteiger partial charge >= 0.3 is 0 Å². The Morgan fingerprint density at radius 3 is 2.50 bits per heavy atom. The Bertz CT molecular complexity index is 289. The minimum absolute atomic E-state index is 0.837. The summed E-state index contributed by atoms with van der Waals surface area (Å²) in [6.07, 6.45) is 11.6. The zero-order chi connectivity index (χ0) is 9.80. The molecule has 0 aromatic heterocycles. The normalized spacial score (nSPS) is 23.3. The van der Waals surface area contributed by atoms with E-state index in [1.54, 1.807) is 0 Å². The number of rotatable bonds is 2. The molecule has 0 saturated carbocycles. The van der Waals surface area contributed by atoms with Crippen molar-refractivity contribution in [3.8, 4) is 0 Å². The van der Waals surface area contributed by atoms with E-state index in [1.165, 1.54) is 36.8 Å². The second kappa shape index (κ2) is 4.54. The lowest BCUT2D eigenvalue weighted by Gasteiger charge is -2.20. The average molecular weight is 191 g/mol. The molecule has 76 valence electrons. The van der Waals surface area contributed by atoms with Gasteiger partial charge in [-0.3, -0.25) is 0 Å². The summed E-state index contributed by atoms with van der Waals surface area (Å²) >= 11 is 0. The molecule has 0 spiro atoms. The number of nitrogens with zero attached hydrogens (tertiary/aromatic N) is 1. The second-order valence-electron chi connectivity index (χ2n) is 4.20. The Kier molecular flexibility index (Phi) is 3.12. The van der Waals surface area contributed by atoms with Crippen LogP contribution in [0.5, 0.6) is 0 Å². The molecule has 2 aliphatic rings. The highest BCUT2D eigenvalue weighted by atomic mass is 16.3. The zero-order valence-electron chi connectivity index (χ0n) is 8.59. The van der Waals surface area contributed by atoms with E-state index in [0.717, 1.165) is 31.4 Å². The highest BCUT2D eigenvalue weighted by molar-refractivity contribution is 5.37. The number of hydrogen-bond acceptors (Lipinski definition) is 2. The van der Waals surface area contributed by atoms with Gasteiger partial charge in [0.25, 0.3) is 0 Å². The molecule has 2 nitrogen and oxygen atoms in total. The summed E-state index contributed by atoms with van der Waals surface area (Å²) in [5.41, 5.74) is 3.54. The lowest BCUT2D eigenvalue weighted by atomic mass is 9.86. The van der Waals surface area contributed by atoms with Gasteiger partial charge in [-0.1, -0.05) is 6.08 Å². The van der Waals surface area contributed by atoms with E-state index in [1.807, 2.05) is 0 Å². The summed E-state index contributed by atoms with van der Waals surface area (Å²) in [7, 11) is 0. The quantitative estimate of drug-likeness (QED) is 0.605. The molecule has 2 rings (SSSR count). The zero-order valence-corrected chi connectivity index (χ0v) is 8.59. The topological polar surface area (TPSA) is 29.4 Å². The maximum atomic E-state index is 10.7. The predicted octanol–water partition coefficient (Wildman–Crippen LogP) is 4.08. The highest BCUT2D eigenvalue weighted by Crippen LogP contribution is 2.34. The minimum Gasteiger partial charge on any atom is -0.145 e. The van der Waals surface area contributed by atoms with Gasteiger partial charge in [-0.05, 0) is 67.7 Å². The molecule has 0 unspecified atom stereocenters. The maximum Gasteiger partial charge on any atom is 0.0883 e. The van der Waals surface area contributed by atoms with E-state index in [2.05, 4.69) is 11.3 Å². The summed E-state index contributed by atoms with van der Waals surface area (Å²) in [6, 6.07) is 0. The van der Waals surface area contributed by atoms with Crippen LogP contribution in [0.4, 0.5) is 0 Å². The lowest BCUT2D eigenvalue weighted by molar-refractivity contribution is 0.642. The van der Waals surface area contributed by atoms with E-state index in [4.69, 9.17) is 0 Å². The van der Waals surface area contributed by atoms with Crippen LogP contribution in [0, 0.1) is 4.91 Å².